The van der Waals surface area contributed by atoms with Crippen molar-refractivity contribution in [3.8, 4) is 22.8 Å². The molecule has 0 saturated heterocycles. The lowest BCUT2D eigenvalue weighted by Gasteiger charge is -2.08. The molecule has 0 amide bonds. The van der Waals surface area contributed by atoms with Crippen LogP contribution in [-0.4, -0.2) is 24.2 Å². The molecule has 2 aromatic rings. The van der Waals surface area contributed by atoms with E-state index in [1.54, 1.807) is 20.4 Å². The number of H-pyrrole nitrogens is 1. The van der Waals surface area contributed by atoms with Crippen molar-refractivity contribution in [3.63, 3.8) is 0 Å². The zero-order chi connectivity index (χ0) is 12.3. The van der Waals surface area contributed by atoms with Gasteiger partial charge in [-0.2, -0.15) is 0 Å². The Kier molecular flexibility index (Phi) is 3.30. The molecule has 3 N–H and O–H groups in total. The lowest BCUT2D eigenvalue weighted by Crippen LogP contribution is -1.98. The van der Waals surface area contributed by atoms with Crippen molar-refractivity contribution in [1.29, 1.82) is 0 Å². The maximum Gasteiger partial charge on any atom is 0.131 e. The van der Waals surface area contributed by atoms with E-state index in [2.05, 4.69) is 9.97 Å². The molecule has 0 fully saturated rings. The van der Waals surface area contributed by atoms with Crippen LogP contribution in [0.2, 0.25) is 0 Å². The predicted molar refractivity (Wildman–Crippen MR) is 65.0 cm³/mol. The summed E-state index contributed by atoms with van der Waals surface area (Å²) in [4.78, 5) is 7.30. The first-order valence-electron chi connectivity index (χ1n) is 5.25. The molecule has 0 aliphatic rings. The Labute approximate surface area is 99.6 Å². The molecule has 2 rings (SSSR count). The van der Waals surface area contributed by atoms with E-state index in [1.807, 2.05) is 18.2 Å². The Morgan fingerprint density at radius 2 is 2.12 bits per heavy atom. The first-order chi connectivity index (χ1) is 8.28. The average molecular weight is 233 g/mol. The number of aromatic nitrogens is 2. The first-order valence-corrected chi connectivity index (χ1v) is 5.25. The summed E-state index contributed by atoms with van der Waals surface area (Å²) >= 11 is 0. The molecule has 1 aromatic carbocycles. The summed E-state index contributed by atoms with van der Waals surface area (Å²) in [6, 6.07) is 5.63. The highest BCUT2D eigenvalue weighted by Gasteiger charge is 2.09. The summed E-state index contributed by atoms with van der Waals surface area (Å²) in [6.07, 6.45) is 1.74. The van der Waals surface area contributed by atoms with Crippen LogP contribution >= 0.6 is 0 Å². The monoisotopic (exact) mass is 233 g/mol. The van der Waals surface area contributed by atoms with Gasteiger partial charge in [0.25, 0.3) is 0 Å². The van der Waals surface area contributed by atoms with Gasteiger partial charge < -0.3 is 20.2 Å². The van der Waals surface area contributed by atoms with Crippen LogP contribution in [0.5, 0.6) is 11.5 Å². The quantitative estimate of drug-likeness (QED) is 0.840. The number of hydrogen-bond acceptors (Lipinski definition) is 4. The third-order valence-electron chi connectivity index (χ3n) is 2.52. The Hall–Kier alpha value is -2.01. The summed E-state index contributed by atoms with van der Waals surface area (Å²) < 4.78 is 10.5. The number of methoxy groups -OCH3 is 2. The SMILES string of the molecule is COc1ccc(-c2cnc(CN)[nH]2)c(OC)c1. The van der Waals surface area contributed by atoms with Gasteiger partial charge in [-0.1, -0.05) is 0 Å². The predicted octanol–water partition coefficient (Wildman–Crippen LogP) is 1.55. The topological polar surface area (TPSA) is 73.2 Å². The number of benzene rings is 1. The molecule has 1 aromatic heterocycles. The molecule has 0 saturated carbocycles. The molecular formula is C12H15N3O2. The second-order valence-electron chi connectivity index (χ2n) is 3.51. The Morgan fingerprint density at radius 3 is 2.71 bits per heavy atom. The van der Waals surface area contributed by atoms with Crippen LogP contribution in [0.4, 0.5) is 0 Å². The molecule has 5 nitrogen and oxygen atoms in total. The van der Waals surface area contributed by atoms with Gasteiger partial charge in [-0.25, -0.2) is 4.98 Å². The molecule has 5 heteroatoms. The molecule has 0 unspecified atom stereocenters. The molecule has 0 aliphatic carbocycles. The van der Waals surface area contributed by atoms with Gasteiger partial charge in [-0.3, -0.25) is 0 Å². The standard InChI is InChI=1S/C12H15N3O2/c1-16-8-3-4-9(11(5-8)17-2)10-7-14-12(6-13)15-10/h3-5,7H,6,13H2,1-2H3,(H,14,15). The number of ether oxygens (including phenoxy) is 2. The average Bonchev–Trinajstić information content (AvgIpc) is 2.86. The normalized spacial score (nSPS) is 10.3. The zero-order valence-corrected chi connectivity index (χ0v) is 9.86. The third-order valence-corrected chi connectivity index (χ3v) is 2.52. The van der Waals surface area contributed by atoms with Gasteiger partial charge in [0, 0.05) is 11.6 Å². The highest BCUT2D eigenvalue weighted by molar-refractivity contribution is 5.68. The van der Waals surface area contributed by atoms with Gasteiger partial charge in [0.05, 0.1) is 32.7 Å². The molecule has 1 heterocycles. The van der Waals surface area contributed by atoms with Gasteiger partial charge in [-0.05, 0) is 12.1 Å². The van der Waals surface area contributed by atoms with Crippen molar-refractivity contribution >= 4 is 0 Å². The number of imidazole rings is 1. The number of nitrogens with two attached hydrogens (primary N) is 1. The van der Waals surface area contributed by atoms with E-state index < -0.39 is 0 Å². The van der Waals surface area contributed by atoms with E-state index in [1.165, 1.54) is 0 Å². The van der Waals surface area contributed by atoms with Gasteiger partial charge in [-0.15, -0.1) is 0 Å². The van der Waals surface area contributed by atoms with E-state index in [0.717, 1.165) is 28.6 Å². The molecule has 0 bridgehead atoms. The Balaban J connectivity index is 2.43. The third kappa shape index (κ3) is 2.24. The number of aromatic amines is 1. The molecular weight excluding hydrogens is 218 g/mol. The highest BCUT2D eigenvalue weighted by atomic mass is 16.5. The fourth-order valence-electron chi connectivity index (χ4n) is 1.62. The van der Waals surface area contributed by atoms with Crippen molar-refractivity contribution < 1.29 is 9.47 Å². The Morgan fingerprint density at radius 1 is 1.29 bits per heavy atom. The van der Waals surface area contributed by atoms with Crippen LogP contribution in [0.15, 0.2) is 24.4 Å². The number of rotatable bonds is 4. The Bertz CT molecular complexity index is 508. The molecule has 17 heavy (non-hydrogen) atoms. The highest BCUT2D eigenvalue weighted by Crippen LogP contribution is 2.32. The van der Waals surface area contributed by atoms with Crippen LogP contribution in [0.3, 0.4) is 0 Å². The van der Waals surface area contributed by atoms with Crippen molar-refractivity contribution in [2.75, 3.05) is 14.2 Å². The van der Waals surface area contributed by atoms with Crippen molar-refractivity contribution in [1.82, 2.24) is 9.97 Å². The van der Waals surface area contributed by atoms with Crippen LogP contribution < -0.4 is 15.2 Å². The number of hydrogen-bond donors (Lipinski definition) is 2. The van der Waals surface area contributed by atoms with E-state index in [0.29, 0.717) is 6.54 Å². The molecule has 90 valence electrons. The van der Waals surface area contributed by atoms with Crippen molar-refractivity contribution in [2.45, 2.75) is 6.54 Å². The minimum absolute atomic E-state index is 0.387. The molecule has 0 atom stereocenters. The van der Waals surface area contributed by atoms with Crippen molar-refractivity contribution in [3.05, 3.63) is 30.2 Å². The fraction of sp³-hybridized carbons (Fsp3) is 0.250. The smallest absolute Gasteiger partial charge is 0.131 e. The summed E-state index contributed by atoms with van der Waals surface area (Å²) in [5.41, 5.74) is 7.32. The zero-order valence-electron chi connectivity index (χ0n) is 9.86. The van der Waals surface area contributed by atoms with Crippen LogP contribution in [0.25, 0.3) is 11.3 Å². The molecule has 0 aliphatic heterocycles. The summed E-state index contributed by atoms with van der Waals surface area (Å²) in [7, 11) is 3.25. The maximum atomic E-state index is 5.51. The largest absolute Gasteiger partial charge is 0.497 e. The summed E-state index contributed by atoms with van der Waals surface area (Å²) in [6.45, 7) is 0.387. The first kappa shape index (κ1) is 11.5. The van der Waals surface area contributed by atoms with E-state index in [4.69, 9.17) is 15.2 Å². The van der Waals surface area contributed by atoms with Gasteiger partial charge in [0.15, 0.2) is 0 Å². The fourth-order valence-corrected chi connectivity index (χ4v) is 1.62. The van der Waals surface area contributed by atoms with Gasteiger partial charge in [0.2, 0.25) is 0 Å². The lowest BCUT2D eigenvalue weighted by molar-refractivity contribution is 0.395. The summed E-state index contributed by atoms with van der Waals surface area (Å²) in [5.74, 6) is 2.23. The van der Waals surface area contributed by atoms with Crippen molar-refractivity contribution in [2.24, 2.45) is 5.73 Å². The van der Waals surface area contributed by atoms with Gasteiger partial charge >= 0.3 is 0 Å². The lowest BCUT2D eigenvalue weighted by atomic mass is 10.1. The number of nitrogens with one attached hydrogen (secondary N) is 1. The molecule has 0 radical (unpaired) electrons. The molecule has 0 spiro atoms. The second kappa shape index (κ2) is 4.88. The van der Waals surface area contributed by atoms with Crippen LogP contribution in [0.1, 0.15) is 5.82 Å². The number of nitrogens with zero attached hydrogens (tertiary/aromatic N) is 1. The van der Waals surface area contributed by atoms with Gasteiger partial charge in [0.1, 0.15) is 17.3 Å². The van der Waals surface area contributed by atoms with Crippen LogP contribution in [-0.2, 0) is 6.54 Å². The van der Waals surface area contributed by atoms with E-state index in [-0.39, 0.29) is 0 Å². The van der Waals surface area contributed by atoms with E-state index >= 15 is 0 Å². The second-order valence-corrected chi connectivity index (χ2v) is 3.51. The maximum absolute atomic E-state index is 5.51. The minimum Gasteiger partial charge on any atom is -0.497 e. The minimum atomic E-state index is 0.387. The van der Waals surface area contributed by atoms with E-state index in [9.17, 15) is 0 Å². The summed E-state index contributed by atoms with van der Waals surface area (Å²) in [5, 5.41) is 0. The van der Waals surface area contributed by atoms with Crippen LogP contribution in [0, 0.1) is 0 Å².